The third kappa shape index (κ3) is 4.93. The lowest BCUT2D eigenvalue weighted by atomic mass is 10.1. The van der Waals surface area contributed by atoms with E-state index in [1.165, 1.54) is 0 Å². The van der Waals surface area contributed by atoms with Crippen LogP contribution in [0.5, 0.6) is 5.88 Å². The minimum atomic E-state index is -0.978. The van der Waals surface area contributed by atoms with E-state index >= 15 is 0 Å². The summed E-state index contributed by atoms with van der Waals surface area (Å²) in [5, 5.41) is 11.8. The van der Waals surface area contributed by atoms with Gasteiger partial charge in [-0.05, 0) is 44.0 Å². The second-order valence-corrected chi connectivity index (χ2v) is 8.46. The molecule has 2 aromatic heterocycles. The lowest BCUT2D eigenvalue weighted by molar-refractivity contribution is -0.148. The van der Waals surface area contributed by atoms with E-state index in [9.17, 15) is 19.5 Å². The molecule has 180 valence electrons. The number of aryl methyl sites for hydroxylation is 1. The zero-order valence-electron chi connectivity index (χ0n) is 19.6. The summed E-state index contributed by atoms with van der Waals surface area (Å²) < 4.78 is 6.38. The number of aromatic nitrogens is 3. The first-order chi connectivity index (χ1) is 16.8. The number of nitrogens with zero attached hydrogens (tertiary/aromatic N) is 2. The molecule has 2 heterocycles. The van der Waals surface area contributed by atoms with Crippen LogP contribution in [-0.4, -0.2) is 44.0 Å². The van der Waals surface area contributed by atoms with E-state index in [1.54, 1.807) is 51.2 Å². The first kappa shape index (κ1) is 23.7. The number of fused-ring (bicyclic) bond motifs is 1. The fraction of sp³-hybridized carbons (Fsp3) is 0.231. The SMILES string of the molecule is Cc1ccccc1-n1c(O)c(C=N[C@@H](Cc2c[nH]c3ccccc23)C(=O)OC(C)C)c(=O)[nH]c1=O. The molecule has 35 heavy (non-hydrogen) atoms. The van der Waals surface area contributed by atoms with Gasteiger partial charge in [-0.15, -0.1) is 0 Å². The molecule has 9 nitrogen and oxygen atoms in total. The van der Waals surface area contributed by atoms with Crippen LogP contribution in [0.15, 0.2) is 69.3 Å². The molecule has 0 aliphatic rings. The molecule has 0 amide bonds. The Morgan fingerprint density at radius 3 is 2.60 bits per heavy atom. The van der Waals surface area contributed by atoms with Crippen molar-refractivity contribution in [3.05, 3.63) is 92.3 Å². The molecular weight excluding hydrogens is 448 g/mol. The second kappa shape index (κ2) is 9.84. The highest BCUT2D eigenvalue weighted by Crippen LogP contribution is 2.22. The number of hydrogen-bond acceptors (Lipinski definition) is 6. The van der Waals surface area contributed by atoms with Crippen molar-refractivity contribution in [3.63, 3.8) is 0 Å². The van der Waals surface area contributed by atoms with Crippen LogP contribution in [0.4, 0.5) is 0 Å². The summed E-state index contributed by atoms with van der Waals surface area (Å²) in [6, 6.07) is 13.6. The molecule has 4 aromatic rings. The molecule has 2 aromatic carbocycles. The summed E-state index contributed by atoms with van der Waals surface area (Å²) in [7, 11) is 0. The van der Waals surface area contributed by atoms with Crippen LogP contribution in [-0.2, 0) is 16.0 Å². The number of aromatic hydroxyl groups is 1. The maximum absolute atomic E-state index is 12.8. The Morgan fingerprint density at radius 2 is 1.86 bits per heavy atom. The van der Waals surface area contributed by atoms with Gasteiger partial charge in [-0.3, -0.25) is 14.8 Å². The fourth-order valence-corrected chi connectivity index (χ4v) is 3.87. The molecule has 0 aliphatic carbocycles. The van der Waals surface area contributed by atoms with Gasteiger partial charge in [0.25, 0.3) is 5.56 Å². The highest BCUT2D eigenvalue weighted by Gasteiger charge is 2.23. The summed E-state index contributed by atoms with van der Waals surface area (Å²) in [6.45, 7) is 5.25. The number of para-hydroxylation sites is 2. The number of benzene rings is 2. The van der Waals surface area contributed by atoms with E-state index in [2.05, 4.69) is 15.0 Å². The smallest absolute Gasteiger partial charge is 0.335 e. The molecule has 0 radical (unpaired) electrons. The van der Waals surface area contributed by atoms with Crippen LogP contribution in [0, 0.1) is 6.92 Å². The van der Waals surface area contributed by atoms with E-state index < -0.39 is 29.1 Å². The molecular formula is C26H26N4O5. The molecule has 0 unspecified atom stereocenters. The third-order valence-electron chi connectivity index (χ3n) is 5.57. The minimum Gasteiger partial charge on any atom is -0.493 e. The summed E-state index contributed by atoms with van der Waals surface area (Å²) >= 11 is 0. The maximum atomic E-state index is 12.8. The molecule has 0 saturated heterocycles. The monoisotopic (exact) mass is 474 g/mol. The molecule has 4 rings (SSSR count). The molecule has 0 spiro atoms. The van der Waals surface area contributed by atoms with Crippen molar-refractivity contribution in [1.82, 2.24) is 14.5 Å². The zero-order chi connectivity index (χ0) is 25.1. The van der Waals surface area contributed by atoms with Crippen LogP contribution in [0.1, 0.15) is 30.5 Å². The van der Waals surface area contributed by atoms with Crippen molar-refractivity contribution >= 4 is 23.1 Å². The van der Waals surface area contributed by atoms with Gasteiger partial charge >= 0.3 is 11.7 Å². The Labute approximate surface area is 200 Å². The quantitative estimate of drug-likeness (QED) is 0.280. The largest absolute Gasteiger partial charge is 0.493 e. The van der Waals surface area contributed by atoms with Crippen molar-refractivity contribution in [2.75, 3.05) is 0 Å². The Bertz CT molecular complexity index is 1530. The van der Waals surface area contributed by atoms with E-state index in [1.807, 2.05) is 24.3 Å². The fourth-order valence-electron chi connectivity index (χ4n) is 3.87. The second-order valence-electron chi connectivity index (χ2n) is 8.46. The molecule has 3 N–H and O–H groups in total. The van der Waals surface area contributed by atoms with Crippen molar-refractivity contribution in [2.24, 2.45) is 4.99 Å². The zero-order valence-corrected chi connectivity index (χ0v) is 19.6. The molecule has 1 atom stereocenters. The number of H-pyrrole nitrogens is 2. The maximum Gasteiger partial charge on any atom is 0.335 e. The number of carbonyl (C=O) groups is 1. The van der Waals surface area contributed by atoms with Gasteiger partial charge in [0.2, 0.25) is 5.88 Å². The number of nitrogens with one attached hydrogen (secondary N) is 2. The average Bonchev–Trinajstić information content (AvgIpc) is 3.21. The molecule has 0 bridgehead atoms. The van der Waals surface area contributed by atoms with Crippen LogP contribution >= 0.6 is 0 Å². The first-order valence-electron chi connectivity index (χ1n) is 11.2. The number of carbonyl (C=O) groups excluding carboxylic acids is 1. The van der Waals surface area contributed by atoms with Crippen molar-refractivity contribution < 1.29 is 14.6 Å². The van der Waals surface area contributed by atoms with Crippen molar-refractivity contribution in [3.8, 4) is 11.6 Å². The molecule has 0 fully saturated rings. The lowest BCUT2D eigenvalue weighted by Gasteiger charge is -2.15. The lowest BCUT2D eigenvalue weighted by Crippen LogP contribution is -2.32. The van der Waals surface area contributed by atoms with Gasteiger partial charge in [-0.1, -0.05) is 36.4 Å². The van der Waals surface area contributed by atoms with Crippen LogP contribution in [0.2, 0.25) is 0 Å². The summed E-state index contributed by atoms with van der Waals surface area (Å²) in [5.74, 6) is -1.13. The van der Waals surface area contributed by atoms with E-state index in [0.29, 0.717) is 5.69 Å². The van der Waals surface area contributed by atoms with Gasteiger partial charge in [-0.2, -0.15) is 0 Å². The van der Waals surface area contributed by atoms with E-state index in [0.717, 1.165) is 32.8 Å². The number of esters is 1. The Balaban J connectivity index is 1.75. The van der Waals surface area contributed by atoms with Gasteiger partial charge in [0.15, 0.2) is 6.04 Å². The van der Waals surface area contributed by atoms with Gasteiger partial charge in [0.1, 0.15) is 5.56 Å². The first-order valence-corrected chi connectivity index (χ1v) is 11.2. The molecule has 9 heteroatoms. The van der Waals surface area contributed by atoms with E-state index in [-0.39, 0.29) is 18.1 Å². The van der Waals surface area contributed by atoms with Gasteiger partial charge in [0.05, 0.1) is 11.8 Å². The highest BCUT2D eigenvalue weighted by atomic mass is 16.5. The third-order valence-corrected chi connectivity index (χ3v) is 5.57. The average molecular weight is 475 g/mol. The molecule has 0 saturated carbocycles. The summed E-state index contributed by atoms with van der Waals surface area (Å²) in [4.78, 5) is 47.6. The molecule has 0 aliphatic heterocycles. The van der Waals surface area contributed by atoms with Crippen LogP contribution in [0.3, 0.4) is 0 Å². The van der Waals surface area contributed by atoms with Crippen molar-refractivity contribution in [2.45, 2.75) is 39.3 Å². The van der Waals surface area contributed by atoms with Crippen LogP contribution in [0.25, 0.3) is 16.6 Å². The van der Waals surface area contributed by atoms with E-state index in [4.69, 9.17) is 4.74 Å². The van der Waals surface area contributed by atoms with Gasteiger partial charge < -0.3 is 14.8 Å². The summed E-state index contributed by atoms with van der Waals surface area (Å²) in [6.07, 6.45) is 2.77. The van der Waals surface area contributed by atoms with Crippen LogP contribution < -0.4 is 11.2 Å². The Kier molecular flexibility index (Phi) is 6.68. The number of hydrogen-bond donors (Lipinski definition) is 3. The Hall–Kier alpha value is -4.40. The number of ether oxygens (including phenoxy) is 1. The normalized spacial score (nSPS) is 12.5. The predicted octanol–water partition coefficient (Wildman–Crippen LogP) is 3.00. The number of aliphatic imine (C=N–C) groups is 1. The predicted molar refractivity (Wildman–Crippen MR) is 134 cm³/mol. The van der Waals surface area contributed by atoms with Crippen molar-refractivity contribution in [1.29, 1.82) is 0 Å². The standard InChI is InChI=1S/C26H26N4O5/c1-15(2)35-25(33)21(12-17-13-27-20-10-6-5-9-18(17)20)28-14-19-23(31)29-26(34)30(24(19)32)22-11-7-4-8-16(22)3/h4-11,13-15,21,27,32H,12H2,1-3H3,(H,29,31,34)/t21-/m0/s1. The number of rotatable bonds is 7. The highest BCUT2D eigenvalue weighted by molar-refractivity contribution is 5.87. The van der Waals surface area contributed by atoms with Gasteiger partial charge in [-0.25, -0.2) is 14.2 Å². The summed E-state index contributed by atoms with van der Waals surface area (Å²) in [5.41, 5.74) is 1.06. The minimum absolute atomic E-state index is 0.210. The van der Waals surface area contributed by atoms with Gasteiger partial charge in [0, 0.05) is 29.7 Å². The topological polar surface area (TPSA) is 130 Å². The Morgan fingerprint density at radius 1 is 1.14 bits per heavy atom. The number of aromatic amines is 2.